The Balaban J connectivity index is 2.33. The molecule has 1 aliphatic carbocycles. The van der Waals surface area contributed by atoms with Crippen LogP contribution in [0.1, 0.15) is 46.0 Å². The fraction of sp³-hybridized carbons (Fsp3) is 0.929. The quantitative estimate of drug-likeness (QED) is 0.562. The van der Waals surface area contributed by atoms with Crippen LogP contribution in [0, 0.1) is 0 Å². The maximum absolute atomic E-state index is 11.5. The summed E-state index contributed by atoms with van der Waals surface area (Å²) in [5, 5.41) is 12.8. The summed E-state index contributed by atoms with van der Waals surface area (Å²) in [7, 11) is 1.64. The van der Waals surface area contributed by atoms with Crippen LogP contribution in [0.4, 0.5) is 0 Å². The van der Waals surface area contributed by atoms with Gasteiger partial charge in [-0.25, -0.2) is 0 Å². The molecule has 0 spiro atoms. The molecule has 2 atom stereocenters. The Labute approximate surface area is 115 Å². The molecular formula is C14H27NO4. The van der Waals surface area contributed by atoms with E-state index in [1.54, 1.807) is 7.11 Å². The van der Waals surface area contributed by atoms with Gasteiger partial charge in [-0.3, -0.25) is 10.1 Å². The second-order valence-corrected chi connectivity index (χ2v) is 5.40. The summed E-state index contributed by atoms with van der Waals surface area (Å²) in [6, 6.07) is 0.393. The third-order valence-corrected chi connectivity index (χ3v) is 3.62. The van der Waals surface area contributed by atoms with Crippen molar-refractivity contribution in [2.75, 3.05) is 20.3 Å². The summed E-state index contributed by atoms with van der Waals surface area (Å²) in [4.78, 5) is 11.5. The third-order valence-electron chi connectivity index (χ3n) is 3.62. The first-order chi connectivity index (χ1) is 9.04. The molecule has 0 aromatic carbocycles. The fourth-order valence-electron chi connectivity index (χ4n) is 2.23. The van der Waals surface area contributed by atoms with Crippen LogP contribution in [0.25, 0.3) is 0 Å². The molecular weight excluding hydrogens is 246 g/mol. The van der Waals surface area contributed by atoms with Gasteiger partial charge in [-0.1, -0.05) is 6.92 Å². The largest absolute Gasteiger partial charge is 0.480 e. The van der Waals surface area contributed by atoms with Crippen molar-refractivity contribution in [2.45, 2.75) is 63.6 Å². The normalized spacial score (nSPS) is 19.9. The van der Waals surface area contributed by atoms with E-state index >= 15 is 0 Å². The number of carboxylic acid groups (broad SMARTS) is 1. The third kappa shape index (κ3) is 5.47. The first kappa shape index (κ1) is 16.4. The minimum absolute atomic E-state index is 0.0576. The molecule has 19 heavy (non-hydrogen) atoms. The van der Waals surface area contributed by atoms with E-state index in [1.165, 1.54) is 0 Å². The maximum Gasteiger partial charge on any atom is 0.323 e. The van der Waals surface area contributed by atoms with Crippen molar-refractivity contribution in [3.05, 3.63) is 0 Å². The fourth-order valence-corrected chi connectivity index (χ4v) is 2.23. The molecule has 0 aromatic heterocycles. The highest BCUT2D eigenvalue weighted by molar-refractivity contribution is 5.78. The van der Waals surface area contributed by atoms with E-state index in [1.807, 2.05) is 13.8 Å². The second kappa shape index (κ2) is 7.82. The number of hydrogen-bond acceptors (Lipinski definition) is 4. The lowest BCUT2D eigenvalue weighted by atomic mass is 9.90. The molecule has 1 fully saturated rings. The Hall–Kier alpha value is -0.650. The van der Waals surface area contributed by atoms with Crippen molar-refractivity contribution in [1.29, 1.82) is 0 Å². The summed E-state index contributed by atoms with van der Waals surface area (Å²) in [5.41, 5.74) is -0.783. The average Bonchev–Trinajstić information content (AvgIpc) is 3.17. The van der Waals surface area contributed by atoms with E-state index in [4.69, 9.17) is 9.47 Å². The maximum atomic E-state index is 11.5. The van der Waals surface area contributed by atoms with E-state index in [-0.39, 0.29) is 6.10 Å². The van der Waals surface area contributed by atoms with Gasteiger partial charge in [0.05, 0.1) is 12.7 Å². The Morgan fingerprint density at radius 1 is 1.53 bits per heavy atom. The number of hydrogen-bond donors (Lipinski definition) is 2. The van der Waals surface area contributed by atoms with Crippen LogP contribution in [0.5, 0.6) is 0 Å². The highest BCUT2D eigenvalue weighted by Crippen LogP contribution is 2.27. The Bertz CT molecular complexity index is 281. The van der Waals surface area contributed by atoms with Gasteiger partial charge >= 0.3 is 5.97 Å². The molecule has 1 rings (SSSR count). The van der Waals surface area contributed by atoms with Crippen molar-refractivity contribution in [3.8, 4) is 0 Å². The number of ether oxygens (including phenoxy) is 2. The topological polar surface area (TPSA) is 67.8 Å². The lowest BCUT2D eigenvalue weighted by Crippen LogP contribution is -2.52. The highest BCUT2D eigenvalue weighted by Gasteiger charge is 2.40. The molecule has 1 aliphatic rings. The van der Waals surface area contributed by atoms with Gasteiger partial charge < -0.3 is 14.6 Å². The van der Waals surface area contributed by atoms with Crippen LogP contribution in [0.15, 0.2) is 0 Å². The van der Waals surface area contributed by atoms with Gasteiger partial charge in [0.2, 0.25) is 0 Å². The minimum Gasteiger partial charge on any atom is -0.480 e. The van der Waals surface area contributed by atoms with E-state index in [0.717, 1.165) is 19.3 Å². The van der Waals surface area contributed by atoms with Gasteiger partial charge in [0.25, 0.3) is 0 Å². The number of nitrogens with one attached hydrogen (secondary N) is 1. The van der Waals surface area contributed by atoms with Gasteiger partial charge in [0.1, 0.15) is 5.54 Å². The molecule has 0 saturated heterocycles. The molecule has 2 unspecified atom stereocenters. The van der Waals surface area contributed by atoms with Gasteiger partial charge in [-0.15, -0.1) is 0 Å². The Morgan fingerprint density at radius 3 is 2.68 bits per heavy atom. The van der Waals surface area contributed by atoms with E-state index < -0.39 is 11.5 Å². The molecule has 5 heteroatoms. The van der Waals surface area contributed by atoms with Crippen LogP contribution >= 0.6 is 0 Å². The number of carbonyl (C=O) groups is 1. The lowest BCUT2D eigenvalue weighted by molar-refractivity contribution is -0.145. The van der Waals surface area contributed by atoms with Crippen molar-refractivity contribution >= 4 is 5.97 Å². The van der Waals surface area contributed by atoms with E-state index in [0.29, 0.717) is 32.1 Å². The monoisotopic (exact) mass is 273 g/mol. The zero-order valence-electron chi connectivity index (χ0n) is 12.3. The molecule has 112 valence electrons. The standard InChI is InChI=1S/C14H27NO4/c1-4-14(13(16)17,15-12-6-7-12)8-5-9-19-11(2)10-18-3/h11-12,15H,4-10H2,1-3H3,(H,16,17). The molecule has 0 aromatic rings. The number of methoxy groups -OCH3 is 1. The lowest BCUT2D eigenvalue weighted by Gasteiger charge is -2.30. The first-order valence-electron chi connectivity index (χ1n) is 7.15. The molecule has 5 nitrogen and oxygen atoms in total. The molecule has 0 heterocycles. The summed E-state index contributed by atoms with van der Waals surface area (Å²) < 4.78 is 10.6. The molecule has 0 amide bonds. The summed E-state index contributed by atoms with van der Waals surface area (Å²) >= 11 is 0. The molecule has 1 saturated carbocycles. The van der Waals surface area contributed by atoms with Crippen LogP contribution in [-0.2, 0) is 14.3 Å². The van der Waals surface area contributed by atoms with Crippen LogP contribution < -0.4 is 5.32 Å². The highest BCUT2D eigenvalue weighted by atomic mass is 16.5. The molecule has 0 radical (unpaired) electrons. The summed E-state index contributed by atoms with van der Waals surface area (Å²) in [6.45, 7) is 5.03. The number of carboxylic acids is 1. The number of rotatable bonds is 11. The van der Waals surface area contributed by atoms with Crippen molar-refractivity contribution in [1.82, 2.24) is 5.32 Å². The van der Waals surface area contributed by atoms with Gasteiger partial charge in [-0.05, 0) is 39.0 Å². The second-order valence-electron chi connectivity index (χ2n) is 5.40. The van der Waals surface area contributed by atoms with Crippen LogP contribution in [0.3, 0.4) is 0 Å². The average molecular weight is 273 g/mol. The summed E-state index contributed by atoms with van der Waals surface area (Å²) in [5.74, 6) is -0.744. The molecule has 2 N–H and O–H groups in total. The smallest absolute Gasteiger partial charge is 0.323 e. The Morgan fingerprint density at radius 2 is 2.21 bits per heavy atom. The van der Waals surface area contributed by atoms with Gasteiger partial charge in [0, 0.05) is 19.8 Å². The minimum atomic E-state index is -0.783. The van der Waals surface area contributed by atoms with Gasteiger partial charge in [-0.2, -0.15) is 0 Å². The first-order valence-corrected chi connectivity index (χ1v) is 7.15. The van der Waals surface area contributed by atoms with Crippen LogP contribution in [-0.4, -0.2) is 49.1 Å². The van der Waals surface area contributed by atoms with Crippen molar-refractivity contribution in [3.63, 3.8) is 0 Å². The number of aliphatic carboxylic acids is 1. The summed E-state index contributed by atoms with van der Waals surface area (Å²) in [6.07, 6.45) is 4.20. The molecule has 0 aliphatic heterocycles. The zero-order valence-corrected chi connectivity index (χ0v) is 12.3. The SMILES string of the molecule is CCC(CCCOC(C)COC)(NC1CC1)C(=O)O. The van der Waals surface area contributed by atoms with E-state index in [9.17, 15) is 9.90 Å². The Kier molecular flexibility index (Phi) is 6.75. The zero-order chi connectivity index (χ0) is 14.3. The van der Waals surface area contributed by atoms with Crippen molar-refractivity contribution in [2.24, 2.45) is 0 Å². The van der Waals surface area contributed by atoms with E-state index in [2.05, 4.69) is 5.32 Å². The van der Waals surface area contributed by atoms with Crippen molar-refractivity contribution < 1.29 is 19.4 Å². The predicted octanol–water partition coefficient (Wildman–Crippen LogP) is 1.80. The molecule has 0 bridgehead atoms. The van der Waals surface area contributed by atoms with Gasteiger partial charge in [0.15, 0.2) is 0 Å². The predicted molar refractivity (Wildman–Crippen MR) is 73.3 cm³/mol. The van der Waals surface area contributed by atoms with Crippen LogP contribution in [0.2, 0.25) is 0 Å².